The maximum Gasteiger partial charge on any atom is 0.319 e. The second-order valence-corrected chi connectivity index (χ2v) is 5.60. The lowest BCUT2D eigenvalue weighted by Gasteiger charge is -2.09. The monoisotopic (exact) mass is 356 g/mol. The van der Waals surface area contributed by atoms with Gasteiger partial charge in [-0.1, -0.05) is 23.7 Å². The van der Waals surface area contributed by atoms with E-state index in [0.717, 1.165) is 5.56 Å². The molecule has 1 heterocycles. The SMILES string of the molecule is O=C(NCc1cc(-c2ccc(F)cc2)ncn1)Nc1ccccc1Cl. The highest BCUT2D eigenvalue weighted by Gasteiger charge is 2.07. The molecule has 0 aliphatic carbocycles. The molecule has 2 amide bonds. The summed E-state index contributed by atoms with van der Waals surface area (Å²) in [7, 11) is 0. The first kappa shape index (κ1) is 16.9. The maximum atomic E-state index is 13.0. The Bertz CT molecular complexity index is 886. The number of aromatic nitrogens is 2. The molecule has 25 heavy (non-hydrogen) atoms. The Morgan fingerprint density at radius 2 is 1.84 bits per heavy atom. The molecule has 0 saturated carbocycles. The summed E-state index contributed by atoms with van der Waals surface area (Å²) in [6.45, 7) is 0.215. The van der Waals surface area contributed by atoms with Gasteiger partial charge in [0.1, 0.15) is 12.1 Å². The molecule has 3 rings (SSSR count). The molecule has 0 radical (unpaired) electrons. The molecule has 126 valence electrons. The summed E-state index contributed by atoms with van der Waals surface area (Å²) in [6, 6.07) is 14.3. The third-order valence-electron chi connectivity index (χ3n) is 3.42. The van der Waals surface area contributed by atoms with Crippen molar-refractivity contribution in [3.8, 4) is 11.3 Å². The van der Waals surface area contributed by atoms with E-state index in [-0.39, 0.29) is 12.4 Å². The smallest absolute Gasteiger partial charge is 0.319 e. The van der Waals surface area contributed by atoms with E-state index in [1.54, 1.807) is 42.5 Å². The van der Waals surface area contributed by atoms with Gasteiger partial charge >= 0.3 is 6.03 Å². The number of para-hydroxylation sites is 1. The minimum absolute atomic E-state index is 0.215. The van der Waals surface area contributed by atoms with E-state index >= 15 is 0 Å². The standard InChI is InChI=1S/C18H14ClFN4O/c19-15-3-1-2-4-16(15)24-18(25)21-10-14-9-17(23-11-22-14)12-5-7-13(20)8-6-12/h1-9,11H,10H2,(H2,21,24,25). The number of benzene rings is 2. The van der Waals surface area contributed by atoms with Crippen molar-refractivity contribution in [2.75, 3.05) is 5.32 Å². The summed E-state index contributed by atoms with van der Waals surface area (Å²) in [4.78, 5) is 20.3. The molecule has 0 bridgehead atoms. The predicted molar refractivity (Wildman–Crippen MR) is 94.7 cm³/mol. The fourth-order valence-corrected chi connectivity index (χ4v) is 2.36. The molecule has 2 N–H and O–H groups in total. The van der Waals surface area contributed by atoms with Crippen molar-refractivity contribution >= 4 is 23.3 Å². The number of nitrogens with one attached hydrogen (secondary N) is 2. The van der Waals surface area contributed by atoms with Crippen LogP contribution in [-0.4, -0.2) is 16.0 Å². The van der Waals surface area contributed by atoms with Gasteiger partial charge in [-0.2, -0.15) is 0 Å². The molecule has 7 heteroatoms. The second kappa shape index (κ2) is 7.72. The summed E-state index contributed by atoms with van der Waals surface area (Å²) in [5.41, 5.74) is 2.57. The lowest BCUT2D eigenvalue weighted by Crippen LogP contribution is -2.28. The Morgan fingerprint density at radius 3 is 2.60 bits per heavy atom. The molecule has 0 atom stereocenters. The topological polar surface area (TPSA) is 66.9 Å². The zero-order valence-corrected chi connectivity index (χ0v) is 13.8. The van der Waals surface area contributed by atoms with Gasteiger partial charge in [-0.05, 0) is 42.5 Å². The number of rotatable bonds is 4. The molecule has 1 aromatic heterocycles. The number of amides is 2. The van der Waals surface area contributed by atoms with Gasteiger partial charge in [0.25, 0.3) is 0 Å². The van der Waals surface area contributed by atoms with Gasteiger partial charge in [0, 0.05) is 5.56 Å². The summed E-state index contributed by atoms with van der Waals surface area (Å²) < 4.78 is 13.0. The normalized spacial score (nSPS) is 10.3. The number of nitrogens with zero attached hydrogens (tertiary/aromatic N) is 2. The zero-order chi connectivity index (χ0) is 17.6. The molecule has 0 saturated heterocycles. The van der Waals surface area contributed by atoms with Crippen LogP contribution in [0.1, 0.15) is 5.69 Å². The molecule has 2 aromatic carbocycles. The van der Waals surface area contributed by atoms with Crippen LogP contribution in [0.3, 0.4) is 0 Å². The average Bonchev–Trinajstić information content (AvgIpc) is 2.63. The van der Waals surface area contributed by atoms with Gasteiger partial charge in [-0.25, -0.2) is 19.2 Å². The van der Waals surface area contributed by atoms with Gasteiger partial charge < -0.3 is 10.6 Å². The molecule has 0 unspecified atom stereocenters. The average molecular weight is 357 g/mol. The molecule has 0 fully saturated rings. The first-order valence-corrected chi connectivity index (χ1v) is 7.86. The number of carbonyl (C=O) groups is 1. The Balaban J connectivity index is 1.63. The van der Waals surface area contributed by atoms with Gasteiger partial charge in [-0.15, -0.1) is 0 Å². The van der Waals surface area contributed by atoms with Crippen LogP contribution in [0.2, 0.25) is 5.02 Å². The molecule has 5 nitrogen and oxygen atoms in total. The van der Waals surface area contributed by atoms with Gasteiger partial charge in [0.05, 0.1) is 28.6 Å². The van der Waals surface area contributed by atoms with Crippen molar-refractivity contribution in [1.82, 2.24) is 15.3 Å². The lowest BCUT2D eigenvalue weighted by atomic mass is 10.1. The van der Waals surface area contributed by atoms with Crippen LogP contribution in [0, 0.1) is 5.82 Å². The van der Waals surface area contributed by atoms with E-state index in [1.807, 2.05) is 0 Å². The van der Waals surface area contributed by atoms with Crippen LogP contribution in [0.15, 0.2) is 60.9 Å². The highest BCUT2D eigenvalue weighted by Crippen LogP contribution is 2.20. The van der Waals surface area contributed by atoms with Crippen LogP contribution in [0.5, 0.6) is 0 Å². The predicted octanol–water partition coefficient (Wildman–Crippen LogP) is 4.26. The van der Waals surface area contributed by atoms with Crippen LogP contribution in [0.4, 0.5) is 14.9 Å². The summed E-state index contributed by atoms with van der Waals surface area (Å²) in [5.74, 6) is -0.309. The molecular formula is C18H14ClFN4O. The number of urea groups is 1. The fraction of sp³-hybridized carbons (Fsp3) is 0.0556. The summed E-state index contributed by atoms with van der Waals surface area (Å²) >= 11 is 6.00. The third kappa shape index (κ3) is 4.51. The van der Waals surface area contributed by atoms with Crippen LogP contribution < -0.4 is 10.6 Å². The van der Waals surface area contributed by atoms with E-state index < -0.39 is 6.03 Å². The number of hydrogen-bond acceptors (Lipinski definition) is 3. The summed E-state index contributed by atoms with van der Waals surface area (Å²) in [5, 5.41) is 5.83. The highest BCUT2D eigenvalue weighted by atomic mass is 35.5. The maximum absolute atomic E-state index is 13.0. The van der Waals surface area contributed by atoms with Gasteiger partial charge in [-0.3, -0.25) is 0 Å². The van der Waals surface area contributed by atoms with E-state index in [0.29, 0.717) is 22.1 Å². The van der Waals surface area contributed by atoms with E-state index in [2.05, 4.69) is 20.6 Å². The second-order valence-electron chi connectivity index (χ2n) is 5.19. The highest BCUT2D eigenvalue weighted by molar-refractivity contribution is 6.33. The summed E-state index contributed by atoms with van der Waals surface area (Å²) in [6.07, 6.45) is 1.40. The third-order valence-corrected chi connectivity index (χ3v) is 3.75. The van der Waals surface area contributed by atoms with Crippen LogP contribution in [0.25, 0.3) is 11.3 Å². The minimum Gasteiger partial charge on any atom is -0.332 e. The molecule has 0 aliphatic heterocycles. The lowest BCUT2D eigenvalue weighted by molar-refractivity contribution is 0.251. The number of hydrogen-bond donors (Lipinski definition) is 2. The van der Waals surface area contributed by atoms with Crippen molar-refractivity contribution in [2.24, 2.45) is 0 Å². The van der Waals surface area contributed by atoms with Crippen molar-refractivity contribution in [2.45, 2.75) is 6.54 Å². The van der Waals surface area contributed by atoms with Crippen molar-refractivity contribution in [3.63, 3.8) is 0 Å². The Hall–Kier alpha value is -2.99. The molecule has 0 aliphatic rings. The van der Waals surface area contributed by atoms with Crippen molar-refractivity contribution in [1.29, 1.82) is 0 Å². The molecular weight excluding hydrogens is 343 g/mol. The largest absolute Gasteiger partial charge is 0.332 e. The Morgan fingerprint density at radius 1 is 1.08 bits per heavy atom. The van der Waals surface area contributed by atoms with E-state index in [4.69, 9.17) is 11.6 Å². The number of anilines is 1. The zero-order valence-electron chi connectivity index (χ0n) is 13.0. The molecule has 3 aromatic rings. The minimum atomic E-state index is -0.393. The molecule has 0 spiro atoms. The van der Waals surface area contributed by atoms with E-state index in [9.17, 15) is 9.18 Å². The number of halogens is 2. The van der Waals surface area contributed by atoms with Crippen molar-refractivity contribution in [3.05, 3.63) is 77.5 Å². The fourth-order valence-electron chi connectivity index (χ4n) is 2.17. The number of carbonyl (C=O) groups excluding carboxylic acids is 1. The van der Waals surface area contributed by atoms with Crippen LogP contribution >= 0.6 is 11.6 Å². The quantitative estimate of drug-likeness (QED) is 0.734. The van der Waals surface area contributed by atoms with Gasteiger partial charge in [0.15, 0.2) is 0 Å². The van der Waals surface area contributed by atoms with Crippen LogP contribution in [-0.2, 0) is 6.54 Å². The Kier molecular flexibility index (Phi) is 5.20. The first-order valence-electron chi connectivity index (χ1n) is 7.48. The van der Waals surface area contributed by atoms with E-state index in [1.165, 1.54) is 18.5 Å². The Labute approximate surface area is 148 Å². The van der Waals surface area contributed by atoms with Gasteiger partial charge in [0.2, 0.25) is 0 Å². The first-order chi connectivity index (χ1) is 12.1. The van der Waals surface area contributed by atoms with Crippen molar-refractivity contribution < 1.29 is 9.18 Å².